The Kier molecular flexibility index (Phi) is 17.7. The fourth-order valence-electron chi connectivity index (χ4n) is 3.92. The van der Waals surface area contributed by atoms with Gasteiger partial charge in [-0.1, -0.05) is 78.1 Å². The lowest BCUT2D eigenvalue weighted by Gasteiger charge is -2.26. The van der Waals surface area contributed by atoms with Gasteiger partial charge in [-0.2, -0.15) is 0 Å². The molecule has 0 aliphatic heterocycles. The van der Waals surface area contributed by atoms with Crippen molar-refractivity contribution in [2.75, 3.05) is 36.2 Å². The molecule has 2 atom stereocenters. The molecule has 3 rings (SSSR count). The summed E-state index contributed by atoms with van der Waals surface area (Å²) < 4.78 is 11.1. The van der Waals surface area contributed by atoms with Gasteiger partial charge >= 0.3 is 11.9 Å². The molecule has 0 aliphatic carbocycles. The van der Waals surface area contributed by atoms with E-state index in [-0.39, 0.29) is 28.5 Å². The number of carboxylic acid groups (broad SMARTS) is 2. The smallest absolute Gasteiger partial charge is 0.323 e. The first kappa shape index (κ1) is 37.9. The normalized spacial score (nSPS) is 11.6. The van der Waals surface area contributed by atoms with Crippen molar-refractivity contribution in [3.05, 3.63) is 91.0 Å². The van der Waals surface area contributed by atoms with Gasteiger partial charge in [-0.05, 0) is 49.2 Å². The number of ether oxygens (including phenoxy) is 2. The Labute approximate surface area is 277 Å². The van der Waals surface area contributed by atoms with Crippen molar-refractivity contribution in [3.63, 3.8) is 0 Å². The molecule has 0 saturated carbocycles. The predicted molar refractivity (Wildman–Crippen MR) is 180 cm³/mol. The van der Waals surface area contributed by atoms with E-state index in [4.69, 9.17) is 14.6 Å². The molecule has 0 aliphatic rings. The van der Waals surface area contributed by atoms with Gasteiger partial charge in [0, 0.05) is 31.0 Å². The van der Waals surface area contributed by atoms with Crippen LogP contribution in [0, 0.1) is 11.8 Å². The second-order valence-electron chi connectivity index (χ2n) is 9.89. The Morgan fingerprint density at radius 1 is 0.652 bits per heavy atom. The molecule has 0 bridgehead atoms. The van der Waals surface area contributed by atoms with Gasteiger partial charge in [-0.25, -0.2) is 0 Å². The minimum atomic E-state index is -1.10. The van der Waals surface area contributed by atoms with Crippen LogP contribution in [0.4, 0.5) is 5.69 Å². The number of anilines is 1. The maximum absolute atomic E-state index is 13.1. The third-order valence-electron chi connectivity index (χ3n) is 6.26. The van der Waals surface area contributed by atoms with Crippen molar-refractivity contribution in [3.8, 4) is 11.5 Å². The van der Waals surface area contributed by atoms with Crippen molar-refractivity contribution in [2.24, 2.45) is 11.8 Å². The average molecular weight is 670 g/mol. The van der Waals surface area contributed by atoms with Crippen LogP contribution in [0.2, 0.25) is 0 Å². The number of carboxylic acids is 2. The molecule has 10 nitrogen and oxygen atoms in total. The van der Waals surface area contributed by atoms with Crippen LogP contribution >= 0.6 is 23.5 Å². The van der Waals surface area contributed by atoms with Crippen LogP contribution in [0.1, 0.15) is 26.7 Å². The van der Waals surface area contributed by atoms with Crippen LogP contribution in [0.5, 0.6) is 11.5 Å². The fraction of sp³-hybridized carbons (Fsp3) is 0.324. The number of benzene rings is 3. The highest BCUT2D eigenvalue weighted by atomic mass is 32.2. The van der Waals surface area contributed by atoms with Crippen molar-refractivity contribution in [1.29, 1.82) is 0 Å². The summed E-state index contributed by atoms with van der Waals surface area (Å²) in [6.07, 6.45) is 0.765. The van der Waals surface area contributed by atoms with Gasteiger partial charge in [0.1, 0.15) is 18.0 Å². The molecule has 12 heteroatoms. The Balaban J connectivity index is 0.000000353. The first-order valence-electron chi connectivity index (χ1n) is 14.5. The summed E-state index contributed by atoms with van der Waals surface area (Å²) in [6, 6.07) is 27.1. The Bertz CT molecular complexity index is 1380. The van der Waals surface area contributed by atoms with Crippen LogP contribution in [0.3, 0.4) is 0 Å². The van der Waals surface area contributed by atoms with Gasteiger partial charge in [0.15, 0.2) is 10.2 Å². The molecule has 2 N–H and O–H groups in total. The molecule has 0 heterocycles. The monoisotopic (exact) mass is 669 g/mol. The summed E-state index contributed by atoms with van der Waals surface area (Å²) in [4.78, 5) is 58.8. The van der Waals surface area contributed by atoms with Crippen LogP contribution in [0.25, 0.3) is 0 Å². The van der Waals surface area contributed by atoms with Crippen LogP contribution in [-0.4, -0.2) is 69.6 Å². The largest absolute Gasteiger partial charge is 0.494 e. The van der Waals surface area contributed by atoms with E-state index in [0.717, 1.165) is 29.3 Å². The molecule has 1 amide bonds. The summed E-state index contributed by atoms with van der Waals surface area (Å²) in [5.41, 5.74) is 0.511. The van der Waals surface area contributed by atoms with E-state index in [1.807, 2.05) is 60.7 Å². The molecule has 46 heavy (non-hydrogen) atoms. The van der Waals surface area contributed by atoms with Crippen LogP contribution < -0.4 is 14.4 Å². The number of hydrogen-bond acceptors (Lipinski definition) is 9. The summed E-state index contributed by atoms with van der Waals surface area (Å²) in [5.74, 6) is -1.44. The zero-order valence-electron chi connectivity index (χ0n) is 25.8. The highest BCUT2D eigenvalue weighted by Crippen LogP contribution is 2.22. The molecule has 0 saturated heterocycles. The lowest BCUT2D eigenvalue weighted by Crippen LogP contribution is -2.41. The topological polar surface area (TPSA) is 148 Å². The Hall–Kier alpha value is -4.29. The quantitative estimate of drug-likeness (QED) is 0.177. The van der Waals surface area contributed by atoms with E-state index in [9.17, 15) is 29.1 Å². The van der Waals surface area contributed by atoms with Crippen LogP contribution in [0.15, 0.2) is 91.0 Å². The first-order valence-corrected chi connectivity index (χ1v) is 16.5. The third-order valence-corrected chi connectivity index (χ3v) is 8.21. The van der Waals surface area contributed by atoms with E-state index < -0.39 is 30.3 Å². The Morgan fingerprint density at radius 2 is 1.07 bits per heavy atom. The number of hydrogen-bond donors (Lipinski definition) is 2. The molecular formula is C34H39NO9S2. The highest BCUT2D eigenvalue weighted by Gasteiger charge is 2.27. The molecule has 3 aromatic rings. The molecule has 0 aromatic heterocycles. The maximum atomic E-state index is 13.1. The van der Waals surface area contributed by atoms with E-state index >= 15 is 0 Å². The minimum absolute atomic E-state index is 0.0646. The van der Waals surface area contributed by atoms with E-state index in [0.29, 0.717) is 36.6 Å². The van der Waals surface area contributed by atoms with Gasteiger partial charge in [0.05, 0.1) is 25.0 Å². The number of amides is 1. The number of para-hydroxylation sites is 3. The number of thioether (sulfide) groups is 2. The standard InChI is InChI=1S/C21H23NO5S.C13H16O4S/c1-16(23)28-15-17(12-13-27-19-10-6-3-7-11-19)21(26)22(14-20(24)25)18-8-4-2-5-9-18;1-10(14)18-9-11(13(15)16)7-8-17-12-5-3-2-4-6-12/h2-11,17H,12-15H2,1H3,(H,24,25);2-6,11H,7-9H2,1H3,(H,15,16). The molecule has 0 fully saturated rings. The summed E-state index contributed by atoms with van der Waals surface area (Å²) in [5, 5.41) is 18.1. The summed E-state index contributed by atoms with van der Waals surface area (Å²) in [6.45, 7) is 3.06. The minimum Gasteiger partial charge on any atom is -0.494 e. The van der Waals surface area contributed by atoms with Crippen molar-refractivity contribution >= 4 is 57.3 Å². The van der Waals surface area contributed by atoms with Gasteiger partial charge in [-0.15, -0.1) is 0 Å². The third kappa shape index (κ3) is 15.6. The van der Waals surface area contributed by atoms with Crippen molar-refractivity contribution < 1.29 is 43.7 Å². The number of carbonyl (C=O) groups is 5. The zero-order chi connectivity index (χ0) is 33.7. The highest BCUT2D eigenvalue weighted by molar-refractivity contribution is 8.13. The van der Waals surface area contributed by atoms with Gasteiger partial charge < -0.3 is 24.6 Å². The molecule has 246 valence electrons. The summed E-state index contributed by atoms with van der Waals surface area (Å²) in [7, 11) is 0. The molecular weight excluding hydrogens is 631 g/mol. The predicted octanol–water partition coefficient (Wildman–Crippen LogP) is 5.91. The van der Waals surface area contributed by atoms with Gasteiger partial charge in [0.25, 0.3) is 0 Å². The second kappa shape index (κ2) is 21.4. The Morgan fingerprint density at radius 3 is 1.48 bits per heavy atom. The van der Waals surface area contributed by atoms with Gasteiger partial charge in [0.2, 0.25) is 5.91 Å². The SMILES string of the molecule is CC(=O)SCC(CCOc1ccccc1)C(=O)N(CC(=O)O)c1ccccc1.CC(=O)SCC(CCOc1ccccc1)C(=O)O. The lowest BCUT2D eigenvalue weighted by atomic mass is 10.1. The summed E-state index contributed by atoms with van der Waals surface area (Å²) >= 11 is 2.09. The molecule has 0 spiro atoms. The zero-order valence-corrected chi connectivity index (χ0v) is 27.4. The van der Waals surface area contributed by atoms with Crippen molar-refractivity contribution in [1.82, 2.24) is 0 Å². The number of nitrogens with zero attached hydrogens (tertiary/aromatic N) is 1. The second-order valence-corrected chi connectivity index (χ2v) is 12.3. The molecule has 0 radical (unpaired) electrons. The number of rotatable bonds is 17. The maximum Gasteiger partial charge on any atom is 0.323 e. The fourth-order valence-corrected chi connectivity index (χ4v) is 5.41. The van der Waals surface area contributed by atoms with E-state index in [1.54, 1.807) is 30.3 Å². The molecule has 3 aromatic carbocycles. The van der Waals surface area contributed by atoms with Gasteiger partial charge in [-0.3, -0.25) is 24.0 Å². The lowest BCUT2D eigenvalue weighted by molar-refractivity contribution is -0.141. The van der Waals surface area contributed by atoms with E-state index in [1.165, 1.54) is 18.7 Å². The first-order chi connectivity index (χ1) is 22.1. The average Bonchev–Trinajstić information content (AvgIpc) is 3.04. The van der Waals surface area contributed by atoms with Crippen molar-refractivity contribution in [2.45, 2.75) is 26.7 Å². The number of aliphatic carboxylic acids is 2. The van der Waals surface area contributed by atoms with Crippen LogP contribution in [-0.2, 0) is 24.0 Å². The van der Waals surface area contributed by atoms with E-state index in [2.05, 4.69) is 0 Å². The number of carbonyl (C=O) groups excluding carboxylic acids is 3. The molecule has 2 unspecified atom stereocenters.